The lowest BCUT2D eigenvalue weighted by atomic mass is 9.95. The molecule has 7 nitrogen and oxygen atoms in total. The van der Waals surface area contributed by atoms with Crippen molar-refractivity contribution >= 4 is 10.9 Å². The first-order valence-electron chi connectivity index (χ1n) is 11.9. The standard InChI is InChI=1S/C26H29FN6O/c1-3-18-8-11-23-20(13-18)14-22(26(34)28-23)24(32-12-4-5-17(2)15-32)25-29-30-31-33(25)16-19-6-9-21(27)10-7-19/h6-11,13-14,17,24H,3-5,12,15-16H2,1-2H3,(H,28,34). The molecular formula is C26H29FN6O. The maximum absolute atomic E-state index is 13.4. The number of H-pyrrole nitrogens is 1. The number of hydrogen-bond donors (Lipinski definition) is 1. The minimum Gasteiger partial charge on any atom is -0.322 e. The SMILES string of the molecule is CCc1ccc2[nH]c(=O)c(C(c3nnnn3Cc3ccc(F)cc3)N3CCCC(C)C3)cc2c1. The van der Waals surface area contributed by atoms with Crippen LogP contribution in [0.1, 0.15) is 55.2 Å². The van der Waals surface area contributed by atoms with Crippen LogP contribution in [0, 0.1) is 11.7 Å². The fourth-order valence-electron chi connectivity index (χ4n) is 4.94. The van der Waals surface area contributed by atoms with E-state index in [1.807, 2.05) is 18.2 Å². The Bertz CT molecular complexity index is 1350. The number of halogens is 1. The second kappa shape index (κ2) is 9.46. The molecule has 2 aromatic heterocycles. The Labute approximate surface area is 197 Å². The van der Waals surface area contributed by atoms with Crippen LogP contribution in [0.15, 0.2) is 53.3 Å². The monoisotopic (exact) mass is 460 g/mol. The van der Waals surface area contributed by atoms with Gasteiger partial charge >= 0.3 is 0 Å². The van der Waals surface area contributed by atoms with Crippen LogP contribution in [0.3, 0.4) is 0 Å². The van der Waals surface area contributed by atoms with Gasteiger partial charge in [-0.1, -0.05) is 32.0 Å². The van der Waals surface area contributed by atoms with E-state index >= 15 is 0 Å². The number of nitrogens with zero attached hydrogens (tertiary/aromatic N) is 5. The average Bonchev–Trinajstić information content (AvgIpc) is 3.28. The minimum absolute atomic E-state index is 0.128. The number of benzene rings is 2. The lowest BCUT2D eigenvalue weighted by Gasteiger charge is -2.36. The smallest absolute Gasteiger partial charge is 0.253 e. The first-order chi connectivity index (χ1) is 16.5. The third-order valence-electron chi connectivity index (χ3n) is 6.74. The third kappa shape index (κ3) is 4.50. The number of tetrazole rings is 1. The summed E-state index contributed by atoms with van der Waals surface area (Å²) in [7, 11) is 0. The second-order valence-electron chi connectivity index (χ2n) is 9.30. The summed E-state index contributed by atoms with van der Waals surface area (Å²) < 4.78 is 15.1. The van der Waals surface area contributed by atoms with Gasteiger partial charge in [0.05, 0.1) is 6.54 Å². The van der Waals surface area contributed by atoms with E-state index in [1.165, 1.54) is 17.7 Å². The number of aromatic nitrogens is 5. The molecular weight excluding hydrogens is 431 g/mol. The minimum atomic E-state index is -0.378. The molecule has 176 valence electrons. The molecule has 8 heteroatoms. The summed E-state index contributed by atoms with van der Waals surface area (Å²) in [6.45, 7) is 6.48. The number of piperidine rings is 1. The summed E-state index contributed by atoms with van der Waals surface area (Å²) in [5.74, 6) is 0.855. The molecule has 2 unspecified atom stereocenters. The van der Waals surface area contributed by atoms with Crippen LogP contribution in [0.5, 0.6) is 0 Å². The van der Waals surface area contributed by atoms with E-state index in [-0.39, 0.29) is 17.4 Å². The normalized spacial score (nSPS) is 17.8. The Morgan fingerprint density at radius 1 is 1.15 bits per heavy atom. The molecule has 0 amide bonds. The van der Waals surface area contributed by atoms with Crippen molar-refractivity contribution in [1.82, 2.24) is 30.1 Å². The average molecular weight is 461 g/mol. The number of fused-ring (bicyclic) bond motifs is 1. The van der Waals surface area contributed by atoms with E-state index < -0.39 is 0 Å². The van der Waals surface area contributed by atoms with Crippen LogP contribution in [-0.4, -0.2) is 43.2 Å². The number of hydrogen-bond acceptors (Lipinski definition) is 5. The molecule has 0 saturated carbocycles. The third-order valence-corrected chi connectivity index (χ3v) is 6.74. The van der Waals surface area contributed by atoms with E-state index in [4.69, 9.17) is 0 Å². The molecule has 3 heterocycles. The van der Waals surface area contributed by atoms with Gasteiger partial charge in [0.25, 0.3) is 5.56 Å². The van der Waals surface area contributed by atoms with Gasteiger partial charge in [-0.3, -0.25) is 9.69 Å². The van der Waals surface area contributed by atoms with Gasteiger partial charge in [-0.2, -0.15) is 0 Å². The van der Waals surface area contributed by atoms with Crippen molar-refractivity contribution in [3.63, 3.8) is 0 Å². The van der Waals surface area contributed by atoms with Gasteiger partial charge in [-0.15, -0.1) is 5.10 Å². The molecule has 0 aliphatic carbocycles. The maximum Gasteiger partial charge on any atom is 0.253 e. The fraction of sp³-hybridized carbons (Fsp3) is 0.385. The van der Waals surface area contributed by atoms with E-state index in [0.717, 1.165) is 48.8 Å². The van der Waals surface area contributed by atoms with Crippen LogP contribution in [-0.2, 0) is 13.0 Å². The van der Waals surface area contributed by atoms with Crippen molar-refractivity contribution in [3.8, 4) is 0 Å². The summed E-state index contributed by atoms with van der Waals surface area (Å²) in [6.07, 6.45) is 3.15. The van der Waals surface area contributed by atoms with Gasteiger partial charge in [0.2, 0.25) is 0 Å². The van der Waals surface area contributed by atoms with Crippen LogP contribution in [0.25, 0.3) is 10.9 Å². The van der Waals surface area contributed by atoms with E-state index in [1.54, 1.807) is 16.8 Å². The molecule has 0 bridgehead atoms. The molecule has 2 atom stereocenters. The molecule has 1 aliphatic rings. The predicted molar refractivity (Wildman–Crippen MR) is 129 cm³/mol. The lowest BCUT2D eigenvalue weighted by molar-refractivity contribution is 0.141. The largest absolute Gasteiger partial charge is 0.322 e. The quantitative estimate of drug-likeness (QED) is 0.469. The Morgan fingerprint density at radius 2 is 1.94 bits per heavy atom. The highest BCUT2D eigenvalue weighted by atomic mass is 19.1. The molecule has 0 spiro atoms. The molecule has 1 aliphatic heterocycles. The summed E-state index contributed by atoms with van der Waals surface area (Å²) in [5, 5.41) is 13.6. The van der Waals surface area contributed by atoms with Crippen molar-refractivity contribution in [1.29, 1.82) is 0 Å². The van der Waals surface area contributed by atoms with Crippen LogP contribution in [0.4, 0.5) is 4.39 Å². The molecule has 0 radical (unpaired) electrons. The number of likely N-dealkylation sites (tertiary alicyclic amines) is 1. The summed E-state index contributed by atoms with van der Waals surface area (Å²) in [5.41, 5.74) is 3.44. The van der Waals surface area contributed by atoms with Gasteiger partial charge < -0.3 is 4.98 Å². The highest BCUT2D eigenvalue weighted by Crippen LogP contribution is 2.31. The molecule has 1 saturated heterocycles. The zero-order valence-electron chi connectivity index (χ0n) is 19.5. The first-order valence-corrected chi connectivity index (χ1v) is 11.9. The molecule has 34 heavy (non-hydrogen) atoms. The zero-order chi connectivity index (χ0) is 23.7. The first kappa shape index (κ1) is 22.4. The van der Waals surface area contributed by atoms with Gasteiger partial charge in [0, 0.05) is 17.6 Å². The molecule has 2 aromatic carbocycles. The Balaban J connectivity index is 1.62. The zero-order valence-corrected chi connectivity index (χ0v) is 19.5. The number of nitrogens with one attached hydrogen (secondary N) is 1. The number of aryl methyl sites for hydroxylation is 1. The highest BCUT2D eigenvalue weighted by Gasteiger charge is 2.32. The Morgan fingerprint density at radius 3 is 2.71 bits per heavy atom. The highest BCUT2D eigenvalue weighted by molar-refractivity contribution is 5.80. The maximum atomic E-state index is 13.4. The van der Waals surface area contributed by atoms with Crippen LogP contribution < -0.4 is 5.56 Å². The van der Waals surface area contributed by atoms with Crippen molar-refractivity contribution in [2.45, 2.75) is 45.7 Å². The van der Waals surface area contributed by atoms with Crippen molar-refractivity contribution in [2.24, 2.45) is 5.92 Å². The van der Waals surface area contributed by atoms with Gasteiger partial charge in [-0.25, -0.2) is 9.07 Å². The van der Waals surface area contributed by atoms with Gasteiger partial charge in [0.1, 0.15) is 11.9 Å². The van der Waals surface area contributed by atoms with Crippen molar-refractivity contribution < 1.29 is 4.39 Å². The number of pyridine rings is 1. The summed E-state index contributed by atoms with van der Waals surface area (Å²) in [4.78, 5) is 18.8. The predicted octanol–water partition coefficient (Wildman–Crippen LogP) is 4.09. The fourth-order valence-corrected chi connectivity index (χ4v) is 4.94. The van der Waals surface area contributed by atoms with Crippen molar-refractivity contribution in [3.05, 3.63) is 87.2 Å². The second-order valence-corrected chi connectivity index (χ2v) is 9.30. The Hall–Kier alpha value is -3.39. The van der Waals surface area contributed by atoms with Crippen molar-refractivity contribution in [2.75, 3.05) is 13.1 Å². The molecule has 1 N–H and O–H groups in total. The lowest BCUT2D eigenvalue weighted by Crippen LogP contribution is -2.41. The summed E-state index contributed by atoms with van der Waals surface area (Å²) in [6, 6.07) is 14.1. The van der Waals surface area contributed by atoms with E-state index in [2.05, 4.69) is 45.3 Å². The Kier molecular flexibility index (Phi) is 6.24. The summed E-state index contributed by atoms with van der Waals surface area (Å²) >= 11 is 0. The van der Waals surface area contributed by atoms with Gasteiger partial charge in [-0.05, 0) is 89.0 Å². The van der Waals surface area contributed by atoms with Gasteiger partial charge in [0.15, 0.2) is 5.82 Å². The molecule has 1 fully saturated rings. The topological polar surface area (TPSA) is 79.7 Å². The molecule has 5 rings (SSSR count). The van der Waals surface area contributed by atoms with Crippen LogP contribution in [0.2, 0.25) is 0 Å². The van der Waals surface area contributed by atoms with E-state index in [9.17, 15) is 9.18 Å². The molecule has 4 aromatic rings. The number of rotatable bonds is 6. The number of aromatic amines is 1. The van der Waals surface area contributed by atoms with E-state index in [0.29, 0.717) is 23.9 Å². The van der Waals surface area contributed by atoms with Crippen LogP contribution >= 0.6 is 0 Å².